The van der Waals surface area contributed by atoms with Gasteiger partial charge in [0.1, 0.15) is 0 Å². The molecule has 1 aliphatic carbocycles. The molecule has 2 fully saturated rings. The van der Waals surface area contributed by atoms with E-state index in [1.807, 2.05) is 17.9 Å². The van der Waals surface area contributed by atoms with Gasteiger partial charge in [0.15, 0.2) is 0 Å². The molecule has 1 N–H and O–H groups in total. The molecule has 1 saturated heterocycles. The number of anilines is 1. The molecule has 4 heteroatoms. The normalized spacial score (nSPS) is 24.4. The van der Waals surface area contributed by atoms with Crippen molar-refractivity contribution < 1.29 is 4.79 Å². The fourth-order valence-electron chi connectivity index (χ4n) is 2.54. The van der Waals surface area contributed by atoms with E-state index in [9.17, 15) is 4.79 Å². The maximum atomic E-state index is 12.5. The van der Waals surface area contributed by atoms with Gasteiger partial charge in [-0.3, -0.25) is 9.78 Å². The number of rotatable bonds is 3. The van der Waals surface area contributed by atoms with Crippen LogP contribution in [0.25, 0.3) is 0 Å². The number of carbonyl (C=O) groups is 1. The number of amides is 1. The Morgan fingerprint density at radius 3 is 2.94 bits per heavy atom. The Morgan fingerprint density at radius 2 is 2.22 bits per heavy atom. The van der Waals surface area contributed by atoms with Crippen LogP contribution in [0.5, 0.6) is 0 Å². The van der Waals surface area contributed by atoms with E-state index in [0.29, 0.717) is 6.04 Å². The number of aryl methyl sites for hydroxylation is 1. The monoisotopic (exact) mass is 245 g/mol. The standard InChI is InChI=1S/C14H19N3O/c1-10-6-7-15-9-13(10)17-8-2-3-12(14(17)18)16-11-4-5-11/h6-7,9,11-12,16H,2-5,8H2,1H3. The fraction of sp³-hybridized carbons (Fsp3) is 0.571. The molecule has 0 bridgehead atoms. The molecule has 1 atom stereocenters. The Morgan fingerprint density at radius 1 is 1.39 bits per heavy atom. The molecule has 0 spiro atoms. The third-order valence-electron chi connectivity index (χ3n) is 3.76. The van der Waals surface area contributed by atoms with Crippen LogP contribution < -0.4 is 10.2 Å². The predicted octanol–water partition coefficient (Wildman–Crippen LogP) is 1.64. The quantitative estimate of drug-likeness (QED) is 0.880. The molecule has 96 valence electrons. The van der Waals surface area contributed by atoms with Gasteiger partial charge in [0, 0.05) is 18.8 Å². The van der Waals surface area contributed by atoms with Crippen molar-refractivity contribution in [2.75, 3.05) is 11.4 Å². The summed E-state index contributed by atoms with van der Waals surface area (Å²) < 4.78 is 0. The molecular weight excluding hydrogens is 226 g/mol. The maximum Gasteiger partial charge on any atom is 0.244 e. The molecule has 1 unspecified atom stereocenters. The van der Waals surface area contributed by atoms with E-state index in [-0.39, 0.29) is 11.9 Å². The topological polar surface area (TPSA) is 45.2 Å². The molecule has 0 aromatic carbocycles. The number of pyridine rings is 1. The predicted molar refractivity (Wildman–Crippen MR) is 70.5 cm³/mol. The fourth-order valence-corrected chi connectivity index (χ4v) is 2.54. The van der Waals surface area contributed by atoms with E-state index < -0.39 is 0 Å². The zero-order chi connectivity index (χ0) is 12.5. The summed E-state index contributed by atoms with van der Waals surface area (Å²) in [6.45, 7) is 2.84. The van der Waals surface area contributed by atoms with Crippen molar-refractivity contribution in [2.45, 2.75) is 44.7 Å². The van der Waals surface area contributed by atoms with E-state index in [2.05, 4.69) is 10.3 Å². The van der Waals surface area contributed by atoms with Crippen LogP contribution in [0.2, 0.25) is 0 Å². The molecule has 4 nitrogen and oxygen atoms in total. The number of aromatic nitrogens is 1. The first kappa shape index (κ1) is 11.7. The van der Waals surface area contributed by atoms with Crippen LogP contribution in [0.3, 0.4) is 0 Å². The van der Waals surface area contributed by atoms with Crippen molar-refractivity contribution >= 4 is 11.6 Å². The summed E-state index contributed by atoms with van der Waals surface area (Å²) in [5.41, 5.74) is 2.08. The smallest absolute Gasteiger partial charge is 0.244 e. The Hall–Kier alpha value is -1.42. The molecule has 1 aromatic heterocycles. The van der Waals surface area contributed by atoms with Crippen LogP contribution in [-0.4, -0.2) is 29.5 Å². The molecule has 2 heterocycles. The third kappa shape index (κ3) is 2.25. The highest BCUT2D eigenvalue weighted by Gasteiger charge is 2.34. The second-order valence-corrected chi connectivity index (χ2v) is 5.29. The Labute approximate surface area is 107 Å². The zero-order valence-corrected chi connectivity index (χ0v) is 10.7. The minimum Gasteiger partial charge on any atom is -0.309 e. The zero-order valence-electron chi connectivity index (χ0n) is 10.7. The van der Waals surface area contributed by atoms with Gasteiger partial charge in [-0.15, -0.1) is 0 Å². The summed E-state index contributed by atoms with van der Waals surface area (Å²) >= 11 is 0. The highest BCUT2D eigenvalue weighted by atomic mass is 16.2. The highest BCUT2D eigenvalue weighted by Crippen LogP contribution is 2.26. The lowest BCUT2D eigenvalue weighted by atomic mass is 10.0. The number of piperidine rings is 1. The lowest BCUT2D eigenvalue weighted by Crippen LogP contribution is -2.51. The molecule has 1 aromatic rings. The summed E-state index contributed by atoms with van der Waals surface area (Å²) in [6.07, 6.45) is 8.03. The molecular formula is C14H19N3O. The van der Waals surface area contributed by atoms with E-state index in [0.717, 1.165) is 30.6 Å². The number of hydrogen-bond acceptors (Lipinski definition) is 3. The summed E-state index contributed by atoms with van der Waals surface area (Å²) in [5.74, 6) is 0.212. The summed E-state index contributed by atoms with van der Waals surface area (Å²) in [6, 6.07) is 2.54. The third-order valence-corrected chi connectivity index (χ3v) is 3.76. The lowest BCUT2D eigenvalue weighted by molar-refractivity contribution is -0.121. The minimum atomic E-state index is 0.00542. The molecule has 1 amide bonds. The molecule has 1 aliphatic heterocycles. The van der Waals surface area contributed by atoms with Crippen LogP contribution in [0, 0.1) is 6.92 Å². The second-order valence-electron chi connectivity index (χ2n) is 5.29. The van der Waals surface area contributed by atoms with Gasteiger partial charge in [-0.25, -0.2) is 0 Å². The first-order chi connectivity index (χ1) is 8.75. The van der Waals surface area contributed by atoms with Gasteiger partial charge >= 0.3 is 0 Å². The molecule has 18 heavy (non-hydrogen) atoms. The van der Waals surface area contributed by atoms with Crippen molar-refractivity contribution in [2.24, 2.45) is 0 Å². The van der Waals surface area contributed by atoms with Gasteiger partial charge in [0.25, 0.3) is 0 Å². The van der Waals surface area contributed by atoms with Crippen LogP contribution in [0.15, 0.2) is 18.5 Å². The summed E-state index contributed by atoms with van der Waals surface area (Å²) in [4.78, 5) is 18.5. The van der Waals surface area contributed by atoms with Gasteiger partial charge < -0.3 is 10.2 Å². The number of nitrogens with one attached hydrogen (secondary N) is 1. The van der Waals surface area contributed by atoms with Crippen molar-refractivity contribution in [3.8, 4) is 0 Å². The molecule has 3 rings (SSSR count). The minimum absolute atomic E-state index is 0.00542. The van der Waals surface area contributed by atoms with Crippen molar-refractivity contribution in [3.05, 3.63) is 24.0 Å². The Bertz CT molecular complexity index is 456. The van der Waals surface area contributed by atoms with Crippen LogP contribution in [0.4, 0.5) is 5.69 Å². The first-order valence-corrected chi connectivity index (χ1v) is 6.74. The Kier molecular flexibility index (Phi) is 3.04. The largest absolute Gasteiger partial charge is 0.309 e. The van der Waals surface area contributed by atoms with Gasteiger partial charge in [-0.1, -0.05) is 0 Å². The molecule has 2 aliphatic rings. The van der Waals surface area contributed by atoms with E-state index in [4.69, 9.17) is 0 Å². The van der Waals surface area contributed by atoms with Gasteiger partial charge in [0.2, 0.25) is 5.91 Å². The lowest BCUT2D eigenvalue weighted by Gasteiger charge is -2.33. The average molecular weight is 245 g/mol. The number of carbonyl (C=O) groups excluding carboxylic acids is 1. The SMILES string of the molecule is Cc1ccncc1N1CCCC(NC2CC2)C1=O. The van der Waals surface area contributed by atoms with Gasteiger partial charge in [-0.2, -0.15) is 0 Å². The Balaban J connectivity index is 1.79. The summed E-state index contributed by atoms with van der Waals surface area (Å²) in [7, 11) is 0. The van der Waals surface area contributed by atoms with E-state index >= 15 is 0 Å². The van der Waals surface area contributed by atoms with Crippen molar-refractivity contribution in [1.82, 2.24) is 10.3 Å². The maximum absolute atomic E-state index is 12.5. The average Bonchev–Trinajstić information content (AvgIpc) is 3.17. The van der Waals surface area contributed by atoms with Crippen LogP contribution in [-0.2, 0) is 4.79 Å². The van der Waals surface area contributed by atoms with E-state index in [1.54, 1.807) is 12.4 Å². The molecule has 0 radical (unpaired) electrons. The summed E-state index contributed by atoms with van der Waals surface area (Å²) in [5, 5.41) is 3.45. The number of hydrogen-bond donors (Lipinski definition) is 1. The van der Waals surface area contributed by atoms with Crippen molar-refractivity contribution in [3.63, 3.8) is 0 Å². The van der Waals surface area contributed by atoms with E-state index in [1.165, 1.54) is 12.8 Å². The van der Waals surface area contributed by atoms with Crippen molar-refractivity contribution in [1.29, 1.82) is 0 Å². The molecule has 1 saturated carbocycles. The first-order valence-electron chi connectivity index (χ1n) is 6.74. The highest BCUT2D eigenvalue weighted by molar-refractivity contribution is 5.98. The van der Waals surface area contributed by atoms with Crippen LogP contribution in [0.1, 0.15) is 31.2 Å². The second kappa shape index (κ2) is 4.69. The number of nitrogens with zero attached hydrogens (tertiary/aromatic N) is 2. The van der Waals surface area contributed by atoms with Gasteiger partial charge in [-0.05, 0) is 44.2 Å². The van der Waals surface area contributed by atoms with Gasteiger partial charge in [0.05, 0.1) is 17.9 Å². The van der Waals surface area contributed by atoms with Crippen LogP contribution >= 0.6 is 0 Å².